The van der Waals surface area contributed by atoms with Gasteiger partial charge in [-0.15, -0.1) is 29.7 Å². The van der Waals surface area contributed by atoms with Gasteiger partial charge in [0.1, 0.15) is 5.82 Å². The zero-order valence-corrected chi connectivity index (χ0v) is 44.2. The monoisotopic (exact) mass is 1160 g/mol. The average molecular weight is 1160 g/mol. The Morgan fingerprint density at radius 2 is 1.08 bits per heavy atom. The summed E-state index contributed by atoms with van der Waals surface area (Å²) in [6.45, 7) is 12.8. The van der Waals surface area contributed by atoms with Crippen molar-refractivity contribution in [2.45, 2.75) is 52.4 Å². The first-order valence-electron chi connectivity index (χ1n) is 28.8. The Bertz CT molecular complexity index is 4880. The van der Waals surface area contributed by atoms with Crippen LogP contribution < -0.4 is 9.30 Å². The van der Waals surface area contributed by atoms with Gasteiger partial charge in [0.2, 0.25) is 0 Å². The molecule has 0 unspecified atom stereocenters. The molecule has 7 heteroatoms. The maximum atomic E-state index is 9.88. The molecular formula is C68H51N5OPt-2. The molecular weight excluding hydrogens is 1100 g/mol. The fourth-order valence-corrected chi connectivity index (χ4v) is 10.9. The van der Waals surface area contributed by atoms with Crippen molar-refractivity contribution in [2.75, 3.05) is 0 Å². The normalized spacial score (nSPS) is 13.8. The Morgan fingerprint density at radius 3 is 1.73 bits per heavy atom. The number of rotatable bonds is 5. The summed E-state index contributed by atoms with van der Waals surface area (Å²) in [5, 5.41) is 4.05. The number of hydrogen-bond donors (Lipinski definition) is 0. The Hall–Kier alpha value is -8.31. The van der Waals surface area contributed by atoms with Crippen LogP contribution in [-0.2, 0) is 31.9 Å². The first kappa shape index (κ1) is 38.3. The van der Waals surface area contributed by atoms with Crippen LogP contribution in [0.25, 0.3) is 111 Å². The van der Waals surface area contributed by atoms with Crippen LogP contribution in [0.5, 0.6) is 11.5 Å². The van der Waals surface area contributed by atoms with Gasteiger partial charge in [-0.2, -0.15) is 18.2 Å². The second kappa shape index (κ2) is 17.4. The van der Waals surface area contributed by atoms with Crippen molar-refractivity contribution in [3.63, 3.8) is 0 Å². The van der Waals surface area contributed by atoms with E-state index in [1.165, 1.54) is 0 Å². The molecule has 0 fully saturated rings. The summed E-state index contributed by atoms with van der Waals surface area (Å²) in [5.41, 5.74) is 8.55. The Balaban J connectivity index is 0.00000645. The third-order valence-corrected chi connectivity index (χ3v) is 14.5. The van der Waals surface area contributed by atoms with Crippen LogP contribution in [-0.4, -0.2) is 18.7 Å². The minimum Gasteiger partial charge on any atom is -0.510 e. The number of fused-ring (bicyclic) bond motifs is 13. The number of hydrogen-bond acceptors (Lipinski definition) is 2. The predicted octanol–water partition coefficient (Wildman–Crippen LogP) is 16.6. The third-order valence-electron chi connectivity index (χ3n) is 14.5. The molecule has 366 valence electrons. The molecule has 9 aromatic carbocycles. The molecule has 1 aliphatic rings. The quantitative estimate of drug-likeness (QED) is 0.127. The van der Waals surface area contributed by atoms with E-state index in [4.69, 9.17) is 12.5 Å². The van der Waals surface area contributed by atoms with Crippen molar-refractivity contribution in [1.82, 2.24) is 18.7 Å². The van der Waals surface area contributed by atoms with Crippen LogP contribution in [0.2, 0.25) is 0 Å². The van der Waals surface area contributed by atoms with Crippen LogP contribution >= 0.6 is 0 Å². The minimum atomic E-state index is -0.531. The molecule has 4 aromatic heterocycles. The summed E-state index contributed by atoms with van der Waals surface area (Å²) in [6.07, 6.45) is 5.61. The molecule has 0 spiro atoms. The van der Waals surface area contributed by atoms with E-state index in [2.05, 4.69) is 124 Å². The van der Waals surface area contributed by atoms with Crippen LogP contribution in [0.3, 0.4) is 0 Å². The molecule has 6 nitrogen and oxygen atoms in total. The molecule has 14 rings (SSSR count). The van der Waals surface area contributed by atoms with Crippen molar-refractivity contribution in [3.8, 4) is 67.8 Å². The van der Waals surface area contributed by atoms with E-state index in [9.17, 15) is 8.22 Å². The second-order valence-electron chi connectivity index (χ2n) is 21.0. The molecule has 75 heavy (non-hydrogen) atoms. The summed E-state index contributed by atoms with van der Waals surface area (Å²) in [5.74, 6) is 1.60. The topological polar surface area (TPSA) is 40.8 Å². The van der Waals surface area contributed by atoms with E-state index >= 15 is 0 Å². The van der Waals surface area contributed by atoms with Crippen LogP contribution in [0.15, 0.2) is 200 Å². The van der Waals surface area contributed by atoms with Gasteiger partial charge in [0.05, 0.1) is 44.4 Å². The molecule has 0 radical (unpaired) electrons. The maximum absolute atomic E-state index is 9.88. The van der Waals surface area contributed by atoms with Crippen molar-refractivity contribution in [2.24, 2.45) is 0 Å². The van der Waals surface area contributed by atoms with Gasteiger partial charge in [-0.25, -0.2) is 4.98 Å². The second-order valence-corrected chi connectivity index (χ2v) is 21.0. The Labute approximate surface area is 462 Å². The van der Waals surface area contributed by atoms with Crippen molar-refractivity contribution >= 4 is 54.6 Å². The zero-order valence-electron chi connectivity index (χ0n) is 49.9. The van der Waals surface area contributed by atoms with Gasteiger partial charge < -0.3 is 18.4 Å². The van der Waals surface area contributed by atoms with Crippen LogP contribution in [0.4, 0.5) is 0 Å². The van der Waals surface area contributed by atoms with Crippen molar-refractivity contribution in [3.05, 3.63) is 230 Å². The Morgan fingerprint density at radius 1 is 0.507 bits per heavy atom. The van der Waals surface area contributed by atoms with Gasteiger partial charge in [-0.05, 0) is 109 Å². The van der Waals surface area contributed by atoms with Gasteiger partial charge >= 0.3 is 0 Å². The molecule has 0 N–H and O–H groups in total. The number of ether oxygens (including phenoxy) is 1. The predicted molar refractivity (Wildman–Crippen MR) is 302 cm³/mol. The summed E-state index contributed by atoms with van der Waals surface area (Å²) in [4.78, 5) is 4.87. The largest absolute Gasteiger partial charge is 0.510 e. The van der Waals surface area contributed by atoms with Gasteiger partial charge in [-0.1, -0.05) is 168 Å². The molecule has 0 atom stereocenters. The first-order valence-corrected chi connectivity index (χ1v) is 24.8. The van der Waals surface area contributed by atoms with Crippen LogP contribution in [0.1, 0.15) is 63.6 Å². The fraction of sp³-hybridized carbons (Fsp3) is 0.118. The van der Waals surface area contributed by atoms with E-state index in [0.717, 1.165) is 60.6 Å². The molecule has 0 saturated carbocycles. The number of aromatic nitrogens is 5. The third kappa shape index (κ3) is 7.41. The van der Waals surface area contributed by atoms with Crippen LogP contribution in [0, 0.1) is 18.5 Å². The molecule has 0 saturated heterocycles. The van der Waals surface area contributed by atoms with Gasteiger partial charge in [0.25, 0.3) is 6.33 Å². The molecule has 13 aromatic rings. The van der Waals surface area contributed by atoms with Crippen molar-refractivity contribution < 1.29 is 41.3 Å². The van der Waals surface area contributed by atoms with Gasteiger partial charge in [-0.3, -0.25) is 4.57 Å². The molecule has 5 heterocycles. The average Bonchev–Trinajstić information content (AvgIpc) is 2.07. The number of imidazole rings is 1. The summed E-state index contributed by atoms with van der Waals surface area (Å²) < 4.78 is 90.8. The molecule has 0 bridgehead atoms. The number of pyridine rings is 1. The van der Waals surface area contributed by atoms with Crippen molar-refractivity contribution in [1.29, 1.82) is 0 Å². The zero-order chi connectivity index (χ0) is 57.0. The Kier molecular flexibility index (Phi) is 8.88. The number of nitrogens with zero attached hydrogens (tertiary/aromatic N) is 5. The molecule has 0 amide bonds. The fourth-order valence-electron chi connectivity index (χ4n) is 10.9. The van der Waals surface area contributed by atoms with E-state index < -0.39 is 41.7 Å². The van der Waals surface area contributed by atoms with E-state index in [1.54, 1.807) is 0 Å². The number of para-hydroxylation sites is 4. The SMILES string of the molecule is [2H]c1c([2H])c([2H])c2c(c1[2H])-c1cccc(-n3c4ccccc4c4ccccc43)c1-[n+]1[c-]n(-c3[c-]c(Oc4[c-]c5c(cc4)c4ccccc4n5-c4cc(C(C)(C)C)ccn4)ccc3)c3cc(C(C)(C)C)cc(c31)-c1c([2H])c([2H])c([2H])c([2H])c1-2.[Pt]. The molecule has 0 aliphatic carbocycles. The minimum absolute atomic E-state index is 0. The number of benzene rings is 9. The van der Waals surface area contributed by atoms with Gasteiger partial charge in [0, 0.05) is 55.1 Å². The van der Waals surface area contributed by atoms with Gasteiger partial charge in [0.15, 0.2) is 0 Å². The smallest absolute Gasteiger partial charge is 0.268 e. The van der Waals surface area contributed by atoms with E-state index in [0.29, 0.717) is 50.7 Å². The summed E-state index contributed by atoms with van der Waals surface area (Å²) >= 11 is 0. The standard InChI is InChI=1S/C68H51N5O.Pt/c1-67(2,3)43-35-36-69-64(39-43)73-60-31-16-13-27-54(60)55-34-33-47(41-62(55)73)74-46-20-17-19-45(40-46)70-42-71-65-56(28-18-32-61(65)72-58-29-14-11-25-52(58)53-26-12-15-30-59(53)72)50-23-9-7-21-48(50)49-22-8-10-24-51(49)57-37-44(68(4,5)6)38-63(70)66(57)71;/h7-39H,1-6H3;/q-2;/i7D,8D,9D,10D,21D,22D,23D,24D;. The summed E-state index contributed by atoms with van der Waals surface area (Å²) in [6, 6.07) is 51.5. The maximum Gasteiger partial charge on any atom is 0.268 e. The van der Waals surface area contributed by atoms with E-state index in [1.807, 2.05) is 106 Å². The first-order chi connectivity index (χ1) is 39.3. The molecule has 1 aliphatic heterocycles. The summed E-state index contributed by atoms with van der Waals surface area (Å²) in [7, 11) is 0. The van der Waals surface area contributed by atoms with E-state index in [-0.39, 0.29) is 60.8 Å².